The van der Waals surface area contributed by atoms with Crippen LogP contribution in [-0.2, 0) is 23.6 Å². The van der Waals surface area contributed by atoms with Gasteiger partial charge in [-0.1, -0.05) is 6.07 Å². The number of aromatic nitrogens is 3. The van der Waals surface area contributed by atoms with Crippen LogP contribution in [0.15, 0.2) is 21.7 Å². The van der Waals surface area contributed by atoms with Crippen molar-refractivity contribution in [3.8, 4) is 0 Å². The molecule has 1 saturated heterocycles. The fourth-order valence-corrected chi connectivity index (χ4v) is 5.73. The molecule has 0 radical (unpaired) electrons. The third-order valence-electron chi connectivity index (χ3n) is 4.29. The summed E-state index contributed by atoms with van der Waals surface area (Å²) >= 11 is 1.27. The highest BCUT2D eigenvalue weighted by Crippen LogP contribution is 2.30. The molecule has 0 saturated carbocycles. The van der Waals surface area contributed by atoms with Crippen molar-refractivity contribution in [2.45, 2.75) is 29.5 Å². The van der Waals surface area contributed by atoms with Gasteiger partial charge in [0.05, 0.1) is 6.54 Å². The molecule has 132 valence electrons. The molecule has 24 heavy (non-hydrogen) atoms. The highest BCUT2D eigenvalue weighted by molar-refractivity contribution is 7.91. The summed E-state index contributed by atoms with van der Waals surface area (Å²) in [5.41, 5.74) is 0. The molecule has 3 heterocycles. The molecule has 0 spiro atoms. The molecule has 0 amide bonds. The minimum absolute atomic E-state index is 0.0851. The van der Waals surface area contributed by atoms with Crippen LogP contribution in [0, 0.1) is 0 Å². The highest BCUT2D eigenvalue weighted by Gasteiger charge is 2.33. The molecule has 7 nitrogen and oxygen atoms in total. The molecular formula is C15H23N5O2S2. The Balaban J connectivity index is 1.80. The smallest absolute Gasteiger partial charge is 0.252 e. The van der Waals surface area contributed by atoms with Gasteiger partial charge >= 0.3 is 0 Å². The van der Waals surface area contributed by atoms with E-state index in [4.69, 9.17) is 0 Å². The summed E-state index contributed by atoms with van der Waals surface area (Å²) in [6.45, 7) is 1.75. The van der Waals surface area contributed by atoms with Crippen LogP contribution in [0.5, 0.6) is 0 Å². The summed E-state index contributed by atoms with van der Waals surface area (Å²) in [5, 5.41) is 10.4. The normalized spacial score (nSPS) is 19.9. The summed E-state index contributed by atoms with van der Waals surface area (Å²) in [5.74, 6) is 1.85. The van der Waals surface area contributed by atoms with Crippen molar-refractivity contribution in [1.29, 1.82) is 0 Å². The Labute approximate surface area is 147 Å². The molecular weight excluding hydrogens is 346 g/mol. The van der Waals surface area contributed by atoms with Crippen molar-refractivity contribution < 1.29 is 8.42 Å². The molecule has 0 bridgehead atoms. The minimum atomic E-state index is -3.40. The van der Waals surface area contributed by atoms with Gasteiger partial charge in [0.2, 0.25) is 0 Å². The van der Waals surface area contributed by atoms with E-state index in [2.05, 4.69) is 10.2 Å². The number of nitrogens with zero attached hydrogens (tertiary/aromatic N) is 5. The number of thiophene rings is 1. The zero-order valence-corrected chi connectivity index (χ0v) is 15.8. The minimum Gasteiger partial charge on any atom is -0.317 e. The second kappa shape index (κ2) is 6.91. The summed E-state index contributed by atoms with van der Waals surface area (Å²) < 4.78 is 29.5. The van der Waals surface area contributed by atoms with Crippen molar-refractivity contribution in [2.24, 2.45) is 7.05 Å². The molecule has 0 aliphatic carbocycles. The van der Waals surface area contributed by atoms with E-state index >= 15 is 0 Å². The average molecular weight is 370 g/mol. The third kappa shape index (κ3) is 3.39. The zero-order chi connectivity index (χ0) is 17.3. The lowest BCUT2D eigenvalue weighted by atomic mass is 9.99. The van der Waals surface area contributed by atoms with E-state index in [0.717, 1.165) is 24.5 Å². The predicted octanol–water partition coefficient (Wildman–Crippen LogP) is 1.51. The maximum atomic E-state index is 12.7. The Morgan fingerprint density at radius 1 is 1.38 bits per heavy atom. The van der Waals surface area contributed by atoms with Crippen LogP contribution in [0.2, 0.25) is 0 Å². The maximum absolute atomic E-state index is 12.7. The van der Waals surface area contributed by atoms with E-state index in [1.54, 1.807) is 21.8 Å². The van der Waals surface area contributed by atoms with Crippen LogP contribution >= 0.6 is 11.3 Å². The Kier molecular flexibility index (Phi) is 5.05. The third-order valence-corrected chi connectivity index (χ3v) is 7.53. The van der Waals surface area contributed by atoms with Gasteiger partial charge in [-0.3, -0.25) is 0 Å². The van der Waals surface area contributed by atoms with Crippen LogP contribution in [0.3, 0.4) is 0 Å². The molecule has 2 aromatic heterocycles. The molecule has 3 rings (SSSR count). The van der Waals surface area contributed by atoms with E-state index in [9.17, 15) is 8.42 Å². The first-order valence-corrected chi connectivity index (χ1v) is 10.3. The number of sulfonamides is 1. The molecule has 2 aromatic rings. The lowest BCUT2D eigenvalue weighted by Gasteiger charge is -2.31. The fraction of sp³-hybridized carbons (Fsp3) is 0.600. The van der Waals surface area contributed by atoms with E-state index in [1.807, 2.05) is 30.6 Å². The first-order valence-electron chi connectivity index (χ1n) is 7.96. The van der Waals surface area contributed by atoms with Crippen LogP contribution in [0.1, 0.15) is 30.4 Å². The van der Waals surface area contributed by atoms with Gasteiger partial charge in [0, 0.05) is 26.1 Å². The second-order valence-electron chi connectivity index (χ2n) is 6.41. The Morgan fingerprint density at radius 2 is 2.17 bits per heavy atom. The Bertz CT molecular complexity index is 783. The van der Waals surface area contributed by atoms with Crippen LogP contribution in [-0.4, -0.2) is 59.6 Å². The Morgan fingerprint density at radius 3 is 2.83 bits per heavy atom. The number of hydrogen-bond donors (Lipinski definition) is 0. The van der Waals surface area contributed by atoms with E-state index in [-0.39, 0.29) is 5.92 Å². The average Bonchev–Trinajstić information content (AvgIpc) is 3.19. The van der Waals surface area contributed by atoms with Gasteiger partial charge in [0.25, 0.3) is 10.0 Å². The van der Waals surface area contributed by atoms with E-state index in [0.29, 0.717) is 23.8 Å². The zero-order valence-electron chi connectivity index (χ0n) is 14.2. The van der Waals surface area contributed by atoms with Gasteiger partial charge < -0.3 is 9.47 Å². The van der Waals surface area contributed by atoms with Crippen molar-refractivity contribution in [2.75, 3.05) is 27.2 Å². The topological polar surface area (TPSA) is 71.3 Å². The van der Waals surface area contributed by atoms with Gasteiger partial charge in [-0.2, -0.15) is 4.31 Å². The monoisotopic (exact) mass is 369 g/mol. The van der Waals surface area contributed by atoms with Crippen molar-refractivity contribution in [1.82, 2.24) is 24.0 Å². The van der Waals surface area contributed by atoms with Gasteiger partial charge in [-0.15, -0.1) is 21.5 Å². The van der Waals surface area contributed by atoms with Gasteiger partial charge in [-0.05, 0) is 38.4 Å². The highest BCUT2D eigenvalue weighted by atomic mass is 32.2. The molecule has 1 fully saturated rings. The first-order chi connectivity index (χ1) is 11.4. The van der Waals surface area contributed by atoms with Crippen LogP contribution in [0.25, 0.3) is 0 Å². The second-order valence-corrected chi connectivity index (χ2v) is 9.52. The molecule has 0 N–H and O–H groups in total. The van der Waals surface area contributed by atoms with E-state index < -0.39 is 10.0 Å². The van der Waals surface area contributed by atoms with Crippen LogP contribution in [0.4, 0.5) is 0 Å². The predicted molar refractivity (Wildman–Crippen MR) is 93.4 cm³/mol. The summed E-state index contributed by atoms with van der Waals surface area (Å²) in [4.78, 5) is 2.04. The molecule has 1 aliphatic heterocycles. The molecule has 0 unspecified atom stereocenters. The quantitative estimate of drug-likeness (QED) is 0.799. The molecule has 9 heteroatoms. The summed E-state index contributed by atoms with van der Waals surface area (Å²) in [6.07, 6.45) is 1.77. The Hall–Kier alpha value is -1.29. The van der Waals surface area contributed by atoms with Gasteiger partial charge in [0.1, 0.15) is 15.9 Å². The number of rotatable bonds is 5. The maximum Gasteiger partial charge on any atom is 0.252 e. The SMILES string of the molecule is CN(C)Cc1nnc([C@H]2CCCN(S(=O)(=O)c3cccs3)C2)n1C. The molecule has 1 atom stereocenters. The van der Waals surface area contributed by atoms with Crippen molar-refractivity contribution in [3.63, 3.8) is 0 Å². The number of piperidine rings is 1. The van der Waals surface area contributed by atoms with Gasteiger partial charge in [0.15, 0.2) is 0 Å². The van der Waals surface area contributed by atoms with Crippen molar-refractivity contribution in [3.05, 3.63) is 29.2 Å². The summed E-state index contributed by atoms with van der Waals surface area (Å²) in [6, 6.07) is 3.44. The molecule has 0 aromatic carbocycles. The standard InChI is InChI=1S/C15H23N5O2S2/c1-18(2)11-13-16-17-15(19(13)3)12-6-4-8-20(10-12)24(21,22)14-7-5-9-23-14/h5,7,9,12H,4,6,8,10-11H2,1-3H3/t12-/m0/s1. The van der Waals surface area contributed by atoms with Gasteiger partial charge in [-0.25, -0.2) is 8.42 Å². The van der Waals surface area contributed by atoms with E-state index in [1.165, 1.54) is 11.3 Å². The lowest BCUT2D eigenvalue weighted by Crippen LogP contribution is -2.39. The first kappa shape index (κ1) is 17.5. The fourth-order valence-electron chi connectivity index (χ4n) is 3.06. The van der Waals surface area contributed by atoms with Crippen molar-refractivity contribution >= 4 is 21.4 Å². The lowest BCUT2D eigenvalue weighted by molar-refractivity contribution is 0.305. The summed E-state index contributed by atoms with van der Waals surface area (Å²) in [7, 11) is 2.54. The number of hydrogen-bond acceptors (Lipinski definition) is 6. The molecule has 1 aliphatic rings. The largest absolute Gasteiger partial charge is 0.317 e. The van der Waals surface area contributed by atoms with Crippen LogP contribution < -0.4 is 0 Å².